The Balaban J connectivity index is 2.19. The first-order valence-electron chi connectivity index (χ1n) is 9.57. The molecule has 2 aromatic rings. The van der Waals surface area contributed by atoms with E-state index in [0.29, 0.717) is 23.4 Å². The Morgan fingerprint density at radius 2 is 1.71 bits per heavy atom. The lowest BCUT2D eigenvalue weighted by atomic mass is 10.1. The summed E-state index contributed by atoms with van der Waals surface area (Å²) in [5, 5.41) is 5.78. The SMILES string of the molecule is CCC(Oc1cccc(C)c1C)C(=O)Nc1ccccc1C(=O)NC(C)(C)C. The number of para-hydroxylation sites is 1. The quantitative estimate of drug-likeness (QED) is 0.765. The average Bonchev–Trinajstić information content (AvgIpc) is 2.61. The molecule has 2 amide bonds. The maximum atomic E-state index is 12.8. The summed E-state index contributed by atoms with van der Waals surface area (Å²) >= 11 is 0. The molecule has 0 saturated heterocycles. The number of amides is 2. The number of hydrogen-bond donors (Lipinski definition) is 2. The van der Waals surface area contributed by atoms with Gasteiger partial charge in [-0.05, 0) is 70.4 Å². The van der Waals surface area contributed by atoms with Crippen molar-refractivity contribution in [3.63, 3.8) is 0 Å². The van der Waals surface area contributed by atoms with E-state index in [9.17, 15) is 9.59 Å². The van der Waals surface area contributed by atoms with Gasteiger partial charge in [0.05, 0.1) is 11.3 Å². The molecule has 28 heavy (non-hydrogen) atoms. The summed E-state index contributed by atoms with van der Waals surface area (Å²) < 4.78 is 5.98. The second kappa shape index (κ2) is 8.91. The first kappa shape index (κ1) is 21.5. The monoisotopic (exact) mass is 382 g/mol. The van der Waals surface area contributed by atoms with E-state index in [1.165, 1.54) is 0 Å². The van der Waals surface area contributed by atoms with Gasteiger partial charge in [0.25, 0.3) is 11.8 Å². The van der Waals surface area contributed by atoms with Crippen LogP contribution in [0.25, 0.3) is 0 Å². The lowest BCUT2D eigenvalue weighted by molar-refractivity contribution is -0.122. The molecule has 0 aliphatic rings. The molecule has 0 heterocycles. The average molecular weight is 383 g/mol. The van der Waals surface area contributed by atoms with Gasteiger partial charge >= 0.3 is 0 Å². The largest absolute Gasteiger partial charge is 0.480 e. The Morgan fingerprint density at radius 3 is 2.36 bits per heavy atom. The van der Waals surface area contributed by atoms with E-state index in [2.05, 4.69) is 10.6 Å². The number of aryl methyl sites for hydroxylation is 1. The van der Waals surface area contributed by atoms with Crippen LogP contribution in [0.1, 0.15) is 55.6 Å². The van der Waals surface area contributed by atoms with Crippen LogP contribution in [0, 0.1) is 13.8 Å². The summed E-state index contributed by atoms with van der Waals surface area (Å²) in [4.78, 5) is 25.4. The van der Waals surface area contributed by atoms with Gasteiger partial charge in [-0.3, -0.25) is 9.59 Å². The minimum atomic E-state index is -0.653. The number of ether oxygens (including phenoxy) is 1. The number of benzene rings is 2. The van der Waals surface area contributed by atoms with Gasteiger partial charge in [-0.1, -0.05) is 31.2 Å². The maximum absolute atomic E-state index is 12.8. The van der Waals surface area contributed by atoms with E-state index >= 15 is 0 Å². The van der Waals surface area contributed by atoms with Gasteiger partial charge in [0, 0.05) is 5.54 Å². The number of hydrogen-bond acceptors (Lipinski definition) is 3. The Morgan fingerprint density at radius 1 is 1.04 bits per heavy atom. The second-order valence-corrected chi connectivity index (χ2v) is 7.95. The lowest BCUT2D eigenvalue weighted by Gasteiger charge is -2.22. The second-order valence-electron chi connectivity index (χ2n) is 7.95. The number of nitrogens with one attached hydrogen (secondary N) is 2. The highest BCUT2D eigenvalue weighted by Crippen LogP contribution is 2.23. The summed E-state index contributed by atoms with van der Waals surface area (Å²) in [5.41, 5.74) is 2.65. The summed E-state index contributed by atoms with van der Waals surface area (Å²) in [6.07, 6.45) is -0.144. The molecule has 0 aromatic heterocycles. The Kier molecular flexibility index (Phi) is 6.84. The molecule has 0 aliphatic carbocycles. The van der Waals surface area contributed by atoms with Crippen molar-refractivity contribution in [3.05, 3.63) is 59.2 Å². The minimum Gasteiger partial charge on any atom is -0.480 e. The summed E-state index contributed by atoms with van der Waals surface area (Å²) in [7, 11) is 0. The number of rotatable bonds is 6. The predicted molar refractivity (Wildman–Crippen MR) is 113 cm³/mol. The molecule has 2 aromatic carbocycles. The molecule has 1 unspecified atom stereocenters. The third-order valence-electron chi connectivity index (χ3n) is 4.41. The smallest absolute Gasteiger partial charge is 0.265 e. The zero-order valence-corrected chi connectivity index (χ0v) is 17.6. The van der Waals surface area contributed by atoms with E-state index in [4.69, 9.17) is 4.74 Å². The van der Waals surface area contributed by atoms with Crippen LogP contribution in [0.15, 0.2) is 42.5 Å². The fourth-order valence-electron chi connectivity index (χ4n) is 2.74. The highest BCUT2D eigenvalue weighted by Gasteiger charge is 2.23. The molecule has 2 N–H and O–H groups in total. The normalized spacial score (nSPS) is 12.2. The molecule has 0 bridgehead atoms. The molecule has 0 spiro atoms. The predicted octanol–water partition coefficient (Wildman–Crippen LogP) is 4.63. The van der Waals surface area contributed by atoms with Gasteiger partial charge in [0.1, 0.15) is 5.75 Å². The van der Waals surface area contributed by atoms with E-state index in [0.717, 1.165) is 11.1 Å². The van der Waals surface area contributed by atoms with Crippen LogP contribution in [-0.4, -0.2) is 23.5 Å². The molecule has 2 rings (SSSR count). The van der Waals surface area contributed by atoms with Gasteiger partial charge in [0.15, 0.2) is 6.10 Å². The van der Waals surface area contributed by atoms with Gasteiger partial charge in [-0.2, -0.15) is 0 Å². The fourth-order valence-corrected chi connectivity index (χ4v) is 2.74. The van der Waals surface area contributed by atoms with Gasteiger partial charge in [0.2, 0.25) is 0 Å². The van der Waals surface area contributed by atoms with E-state index in [-0.39, 0.29) is 17.4 Å². The lowest BCUT2D eigenvalue weighted by Crippen LogP contribution is -2.41. The van der Waals surface area contributed by atoms with Crippen LogP contribution in [0.2, 0.25) is 0 Å². The van der Waals surface area contributed by atoms with Crippen molar-refractivity contribution in [3.8, 4) is 5.75 Å². The van der Waals surface area contributed by atoms with Gasteiger partial charge < -0.3 is 15.4 Å². The molecule has 0 saturated carbocycles. The Bertz CT molecular complexity index is 853. The highest BCUT2D eigenvalue weighted by molar-refractivity contribution is 6.04. The van der Waals surface area contributed by atoms with Crippen LogP contribution in [0.5, 0.6) is 5.75 Å². The van der Waals surface area contributed by atoms with Gasteiger partial charge in [-0.15, -0.1) is 0 Å². The van der Waals surface area contributed by atoms with Crippen LogP contribution < -0.4 is 15.4 Å². The van der Waals surface area contributed by atoms with E-state index < -0.39 is 6.10 Å². The van der Waals surface area contributed by atoms with Crippen molar-refractivity contribution in [2.24, 2.45) is 0 Å². The standard InChI is InChI=1S/C23H30N2O3/c1-7-19(28-20-14-10-11-15(2)16(20)3)22(27)24-18-13-9-8-12-17(18)21(26)25-23(4,5)6/h8-14,19H,7H2,1-6H3,(H,24,27)(H,25,26). The fraction of sp³-hybridized carbons (Fsp3) is 0.391. The molecular weight excluding hydrogens is 352 g/mol. The van der Waals surface area contributed by atoms with Crippen LogP contribution in [-0.2, 0) is 4.79 Å². The molecule has 0 aliphatic heterocycles. The molecule has 5 heteroatoms. The first-order chi connectivity index (χ1) is 13.1. The Hall–Kier alpha value is -2.82. The van der Waals surface area contributed by atoms with Crippen LogP contribution in [0.3, 0.4) is 0 Å². The summed E-state index contributed by atoms with van der Waals surface area (Å²) in [5.74, 6) is 0.187. The third-order valence-corrected chi connectivity index (χ3v) is 4.41. The van der Waals surface area contributed by atoms with Crippen molar-refractivity contribution in [2.45, 2.75) is 59.6 Å². The third kappa shape index (κ3) is 5.59. The maximum Gasteiger partial charge on any atom is 0.265 e. The molecule has 150 valence electrons. The number of anilines is 1. The molecule has 1 atom stereocenters. The van der Waals surface area contributed by atoms with Crippen molar-refractivity contribution in [1.82, 2.24) is 5.32 Å². The zero-order valence-electron chi connectivity index (χ0n) is 17.6. The van der Waals surface area contributed by atoms with Crippen molar-refractivity contribution < 1.29 is 14.3 Å². The molecule has 0 radical (unpaired) electrons. The van der Waals surface area contributed by atoms with Crippen molar-refractivity contribution in [1.29, 1.82) is 0 Å². The van der Waals surface area contributed by atoms with Crippen molar-refractivity contribution in [2.75, 3.05) is 5.32 Å². The number of carbonyl (C=O) groups is 2. The Labute approximate surface area is 167 Å². The molecule has 0 fully saturated rings. The van der Waals surface area contributed by atoms with E-state index in [1.54, 1.807) is 24.3 Å². The molecule has 5 nitrogen and oxygen atoms in total. The topological polar surface area (TPSA) is 67.4 Å². The zero-order chi connectivity index (χ0) is 20.9. The van der Waals surface area contributed by atoms with E-state index in [1.807, 2.05) is 59.7 Å². The van der Waals surface area contributed by atoms with Crippen LogP contribution >= 0.6 is 0 Å². The highest BCUT2D eigenvalue weighted by atomic mass is 16.5. The minimum absolute atomic E-state index is 0.230. The first-order valence-corrected chi connectivity index (χ1v) is 9.57. The molecular formula is C23H30N2O3. The van der Waals surface area contributed by atoms with Crippen molar-refractivity contribution >= 4 is 17.5 Å². The summed E-state index contributed by atoms with van der Waals surface area (Å²) in [6.45, 7) is 11.6. The number of carbonyl (C=O) groups excluding carboxylic acids is 2. The van der Waals surface area contributed by atoms with Crippen LogP contribution in [0.4, 0.5) is 5.69 Å². The summed E-state index contributed by atoms with van der Waals surface area (Å²) in [6, 6.07) is 12.8. The van der Waals surface area contributed by atoms with Gasteiger partial charge in [-0.25, -0.2) is 0 Å².